The van der Waals surface area contributed by atoms with Gasteiger partial charge in [-0.2, -0.15) is 0 Å². The first-order valence-electron chi connectivity index (χ1n) is 6.98. The predicted octanol–water partition coefficient (Wildman–Crippen LogP) is 3.84. The van der Waals surface area contributed by atoms with E-state index in [1.165, 1.54) is 18.2 Å². The van der Waals surface area contributed by atoms with Gasteiger partial charge < -0.3 is 9.15 Å². The summed E-state index contributed by atoms with van der Waals surface area (Å²) < 4.78 is 10.9. The van der Waals surface area contributed by atoms with Crippen molar-refractivity contribution in [2.45, 2.75) is 13.0 Å². The van der Waals surface area contributed by atoms with E-state index in [4.69, 9.17) is 9.15 Å². The molecule has 0 aliphatic carbocycles. The number of fused-ring (bicyclic) bond motifs is 1. The van der Waals surface area contributed by atoms with Crippen molar-refractivity contribution in [2.75, 3.05) is 0 Å². The second-order valence-electron chi connectivity index (χ2n) is 5.07. The normalized spacial score (nSPS) is 12.0. The minimum absolute atomic E-state index is 0.0162. The zero-order valence-electron chi connectivity index (χ0n) is 12.3. The highest BCUT2D eigenvalue weighted by Gasteiger charge is 2.12. The van der Waals surface area contributed by atoms with Crippen LogP contribution in [0.2, 0.25) is 0 Å². The first-order chi connectivity index (χ1) is 11.0. The van der Waals surface area contributed by atoms with Gasteiger partial charge in [-0.3, -0.25) is 10.1 Å². The molecule has 1 heterocycles. The Bertz CT molecular complexity index is 931. The standard InChI is InChI=1S/C17H13NO5/c1-11(13-3-2-4-14(9-13)18(20)21)22-15-7-5-12-6-8-17(19)23-16(12)10-15/h2-11H,1H3. The summed E-state index contributed by atoms with van der Waals surface area (Å²) in [6.45, 7) is 1.80. The number of benzene rings is 2. The van der Waals surface area contributed by atoms with Crippen LogP contribution >= 0.6 is 0 Å². The summed E-state index contributed by atoms with van der Waals surface area (Å²) in [5.74, 6) is 0.519. The van der Waals surface area contributed by atoms with Gasteiger partial charge in [0.05, 0.1) is 4.92 Å². The fraction of sp³-hybridized carbons (Fsp3) is 0.118. The SMILES string of the molecule is CC(Oc1ccc2ccc(=O)oc2c1)c1cccc([N+](=O)[O-])c1. The van der Waals surface area contributed by atoms with Gasteiger partial charge in [-0.25, -0.2) is 4.79 Å². The lowest BCUT2D eigenvalue weighted by atomic mass is 10.1. The molecule has 1 unspecified atom stereocenters. The quantitative estimate of drug-likeness (QED) is 0.415. The molecule has 1 aromatic heterocycles. The molecule has 23 heavy (non-hydrogen) atoms. The van der Waals surface area contributed by atoms with E-state index in [0.29, 0.717) is 16.9 Å². The average Bonchev–Trinajstić information content (AvgIpc) is 2.54. The number of rotatable bonds is 4. The molecule has 0 aliphatic rings. The highest BCUT2D eigenvalue weighted by atomic mass is 16.6. The second-order valence-corrected chi connectivity index (χ2v) is 5.07. The molecule has 6 nitrogen and oxygen atoms in total. The lowest BCUT2D eigenvalue weighted by molar-refractivity contribution is -0.385. The monoisotopic (exact) mass is 311 g/mol. The second kappa shape index (κ2) is 5.92. The topological polar surface area (TPSA) is 82.6 Å². The molecule has 0 fully saturated rings. The average molecular weight is 311 g/mol. The molecular weight excluding hydrogens is 298 g/mol. The van der Waals surface area contributed by atoms with Crippen molar-refractivity contribution in [3.8, 4) is 5.75 Å². The molecule has 0 bridgehead atoms. The van der Waals surface area contributed by atoms with Gasteiger partial charge in [0.15, 0.2) is 0 Å². The molecule has 2 aromatic carbocycles. The number of nitro groups is 1. The van der Waals surface area contributed by atoms with Crippen molar-refractivity contribution in [1.82, 2.24) is 0 Å². The molecule has 0 aliphatic heterocycles. The third-order valence-electron chi connectivity index (χ3n) is 3.46. The van der Waals surface area contributed by atoms with Crippen LogP contribution in [-0.4, -0.2) is 4.92 Å². The van der Waals surface area contributed by atoms with Gasteiger partial charge in [0.1, 0.15) is 17.4 Å². The zero-order chi connectivity index (χ0) is 16.4. The van der Waals surface area contributed by atoms with E-state index in [-0.39, 0.29) is 11.8 Å². The van der Waals surface area contributed by atoms with Crippen LogP contribution in [0.1, 0.15) is 18.6 Å². The molecule has 0 amide bonds. The summed E-state index contributed by atoms with van der Waals surface area (Å²) in [5.41, 5.74) is 0.707. The first kappa shape index (κ1) is 14.8. The Hall–Kier alpha value is -3.15. The molecule has 6 heteroatoms. The Morgan fingerprint density at radius 3 is 2.70 bits per heavy atom. The van der Waals surface area contributed by atoms with Crippen LogP contribution in [0.25, 0.3) is 11.0 Å². The Morgan fingerprint density at radius 2 is 1.91 bits per heavy atom. The van der Waals surface area contributed by atoms with E-state index in [1.807, 2.05) is 0 Å². The van der Waals surface area contributed by atoms with Crippen molar-refractivity contribution in [2.24, 2.45) is 0 Å². The van der Waals surface area contributed by atoms with Crippen LogP contribution in [0.3, 0.4) is 0 Å². The van der Waals surface area contributed by atoms with Crippen LogP contribution in [0.15, 0.2) is 63.8 Å². The van der Waals surface area contributed by atoms with E-state index >= 15 is 0 Å². The third-order valence-corrected chi connectivity index (χ3v) is 3.46. The molecule has 0 radical (unpaired) electrons. The van der Waals surface area contributed by atoms with Gasteiger partial charge in [-0.1, -0.05) is 12.1 Å². The fourth-order valence-electron chi connectivity index (χ4n) is 2.28. The summed E-state index contributed by atoms with van der Waals surface area (Å²) in [4.78, 5) is 21.7. The smallest absolute Gasteiger partial charge is 0.336 e. The largest absolute Gasteiger partial charge is 0.486 e. The van der Waals surface area contributed by atoms with Gasteiger partial charge >= 0.3 is 5.63 Å². The van der Waals surface area contributed by atoms with Crippen LogP contribution in [-0.2, 0) is 0 Å². The highest BCUT2D eigenvalue weighted by Crippen LogP contribution is 2.26. The van der Waals surface area contributed by atoms with Crippen molar-refractivity contribution in [1.29, 1.82) is 0 Å². The van der Waals surface area contributed by atoms with Crippen LogP contribution in [0, 0.1) is 10.1 Å². The summed E-state index contributed by atoms with van der Waals surface area (Å²) in [7, 11) is 0. The summed E-state index contributed by atoms with van der Waals surface area (Å²) >= 11 is 0. The lowest BCUT2D eigenvalue weighted by Crippen LogP contribution is -2.04. The van der Waals surface area contributed by atoms with Crippen LogP contribution in [0.5, 0.6) is 5.75 Å². The van der Waals surface area contributed by atoms with Gasteiger partial charge in [-0.05, 0) is 30.7 Å². The maximum atomic E-state index is 11.3. The van der Waals surface area contributed by atoms with Gasteiger partial charge in [-0.15, -0.1) is 0 Å². The fourth-order valence-corrected chi connectivity index (χ4v) is 2.28. The molecule has 3 rings (SSSR count). The highest BCUT2D eigenvalue weighted by molar-refractivity contribution is 5.77. The Balaban J connectivity index is 1.87. The van der Waals surface area contributed by atoms with Crippen LogP contribution in [0.4, 0.5) is 5.69 Å². The Labute approximate surface area is 131 Å². The zero-order valence-corrected chi connectivity index (χ0v) is 12.3. The molecule has 3 aromatic rings. The summed E-state index contributed by atoms with van der Waals surface area (Å²) in [5, 5.41) is 11.6. The minimum Gasteiger partial charge on any atom is -0.486 e. The van der Waals surface area contributed by atoms with Crippen molar-refractivity contribution >= 4 is 16.7 Å². The number of nitro benzene ring substituents is 1. The third kappa shape index (κ3) is 3.21. The summed E-state index contributed by atoms with van der Waals surface area (Å²) in [6.07, 6.45) is -0.386. The molecule has 116 valence electrons. The van der Waals surface area contributed by atoms with Gasteiger partial charge in [0.25, 0.3) is 5.69 Å². The van der Waals surface area contributed by atoms with Gasteiger partial charge in [0.2, 0.25) is 0 Å². The van der Waals surface area contributed by atoms with E-state index in [0.717, 1.165) is 5.39 Å². The van der Waals surface area contributed by atoms with E-state index in [1.54, 1.807) is 43.3 Å². The Kier molecular flexibility index (Phi) is 3.80. The molecule has 0 N–H and O–H groups in total. The van der Waals surface area contributed by atoms with E-state index < -0.39 is 10.5 Å². The molecule has 0 saturated carbocycles. The maximum Gasteiger partial charge on any atom is 0.336 e. The summed E-state index contributed by atoms with van der Waals surface area (Å²) in [6, 6.07) is 14.5. The van der Waals surface area contributed by atoms with Crippen molar-refractivity contribution in [3.63, 3.8) is 0 Å². The minimum atomic E-state index is -0.444. The number of hydrogen-bond acceptors (Lipinski definition) is 5. The Morgan fingerprint density at radius 1 is 1.13 bits per heavy atom. The number of nitrogens with zero attached hydrogens (tertiary/aromatic N) is 1. The molecule has 1 atom stereocenters. The number of hydrogen-bond donors (Lipinski definition) is 0. The lowest BCUT2D eigenvalue weighted by Gasteiger charge is -2.15. The molecule has 0 saturated heterocycles. The predicted molar refractivity (Wildman–Crippen MR) is 84.6 cm³/mol. The van der Waals surface area contributed by atoms with Crippen molar-refractivity contribution in [3.05, 3.63) is 80.7 Å². The molecule has 0 spiro atoms. The van der Waals surface area contributed by atoms with Gasteiger partial charge in [0, 0.05) is 29.7 Å². The number of non-ortho nitro benzene ring substituents is 1. The first-order valence-corrected chi connectivity index (χ1v) is 6.98. The van der Waals surface area contributed by atoms with E-state index in [2.05, 4.69) is 0 Å². The molecular formula is C17H13NO5. The van der Waals surface area contributed by atoms with Crippen LogP contribution < -0.4 is 10.4 Å². The van der Waals surface area contributed by atoms with E-state index in [9.17, 15) is 14.9 Å². The maximum absolute atomic E-state index is 11.3. The van der Waals surface area contributed by atoms with Crippen molar-refractivity contribution < 1.29 is 14.1 Å². The number of ether oxygens (including phenoxy) is 1.